The van der Waals surface area contributed by atoms with Gasteiger partial charge in [-0.2, -0.15) is 0 Å². The van der Waals surface area contributed by atoms with E-state index < -0.39 is 5.97 Å². The Balaban J connectivity index is 1.78. The highest BCUT2D eigenvalue weighted by Gasteiger charge is 2.25. The number of fused-ring (bicyclic) bond motifs is 1. The summed E-state index contributed by atoms with van der Waals surface area (Å²) in [5.41, 5.74) is 4.39. The van der Waals surface area contributed by atoms with Crippen LogP contribution in [0.15, 0.2) is 48.7 Å². The predicted octanol–water partition coefficient (Wildman–Crippen LogP) is 2.94. The fourth-order valence-electron chi connectivity index (χ4n) is 2.81. The molecule has 0 unspecified atom stereocenters. The third kappa shape index (κ3) is 3.75. The summed E-state index contributed by atoms with van der Waals surface area (Å²) in [7, 11) is 5.38. The number of hydrogen-bond donors (Lipinski definition) is 2. The van der Waals surface area contributed by atoms with Gasteiger partial charge >= 0.3 is 5.97 Å². The van der Waals surface area contributed by atoms with Crippen LogP contribution < -0.4 is 10.6 Å². The number of esters is 1. The standard InChI is InChI=1S/C20H21N3O3/c1-23(2)12-13-4-7-15(8-5-13)21-11-17-16-9-6-14(20(25)26-3)10-18(16)22-19(17)24/h4-11,21H,12H2,1-3H3,(H,22,24). The molecular weight excluding hydrogens is 330 g/mol. The van der Waals surface area contributed by atoms with Crippen molar-refractivity contribution in [2.75, 3.05) is 31.8 Å². The highest BCUT2D eigenvalue weighted by molar-refractivity contribution is 6.31. The van der Waals surface area contributed by atoms with Crippen molar-refractivity contribution in [1.82, 2.24) is 4.90 Å². The van der Waals surface area contributed by atoms with Crippen LogP contribution in [0.5, 0.6) is 0 Å². The number of hydrogen-bond acceptors (Lipinski definition) is 5. The SMILES string of the molecule is COC(=O)c1ccc2c(c1)NC(=O)C2=CNc1ccc(CN(C)C)cc1. The van der Waals surface area contributed by atoms with Gasteiger partial charge in [0.05, 0.1) is 18.2 Å². The van der Waals surface area contributed by atoms with E-state index in [4.69, 9.17) is 4.74 Å². The molecule has 0 atom stereocenters. The quantitative estimate of drug-likeness (QED) is 0.640. The first-order valence-corrected chi connectivity index (χ1v) is 8.22. The second kappa shape index (κ2) is 7.41. The highest BCUT2D eigenvalue weighted by Crippen LogP contribution is 2.32. The number of ether oxygens (including phenoxy) is 1. The van der Waals surface area contributed by atoms with Gasteiger partial charge in [-0.05, 0) is 43.9 Å². The molecule has 0 saturated heterocycles. The molecule has 2 N–H and O–H groups in total. The van der Waals surface area contributed by atoms with Crippen LogP contribution >= 0.6 is 0 Å². The van der Waals surface area contributed by atoms with Crippen molar-refractivity contribution in [3.05, 3.63) is 65.4 Å². The third-order valence-corrected chi connectivity index (χ3v) is 4.06. The first kappa shape index (κ1) is 17.7. The van der Waals surface area contributed by atoms with Gasteiger partial charge in [-0.3, -0.25) is 4.79 Å². The van der Waals surface area contributed by atoms with Crippen molar-refractivity contribution in [2.24, 2.45) is 0 Å². The summed E-state index contributed by atoms with van der Waals surface area (Å²) < 4.78 is 4.71. The number of amides is 1. The summed E-state index contributed by atoms with van der Waals surface area (Å²) in [5.74, 6) is -0.644. The van der Waals surface area contributed by atoms with E-state index in [1.165, 1.54) is 12.7 Å². The van der Waals surface area contributed by atoms with Crippen molar-refractivity contribution in [3.8, 4) is 0 Å². The summed E-state index contributed by atoms with van der Waals surface area (Å²) in [6.07, 6.45) is 1.68. The number of benzene rings is 2. The Hall–Kier alpha value is -3.12. The number of anilines is 2. The average molecular weight is 351 g/mol. The number of carbonyl (C=O) groups is 2. The van der Waals surface area contributed by atoms with Crippen LogP contribution in [0.4, 0.5) is 11.4 Å². The van der Waals surface area contributed by atoms with Gasteiger partial charge in [-0.25, -0.2) is 4.79 Å². The number of methoxy groups -OCH3 is 1. The smallest absolute Gasteiger partial charge is 0.337 e. The minimum Gasteiger partial charge on any atom is -0.465 e. The predicted molar refractivity (Wildman–Crippen MR) is 102 cm³/mol. The molecule has 0 spiro atoms. The molecule has 6 heteroatoms. The Bertz CT molecular complexity index is 870. The molecule has 2 aromatic rings. The van der Waals surface area contributed by atoms with E-state index >= 15 is 0 Å². The van der Waals surface area contributed by atoms with Crippen LogP contribution in [0.2, 0.25) is 0 Å². The van der Waals surface area contributed by atoms with E-state index in [-0.39, 0.29) is 5.91 Å². The van der Waals surface area contributed by atoms with Gasteiger partial charge in [0, 0.05) is 29.7 Å². The van der Waals surface area contributed by atoms with Crippen LogP contribution in [-0.2, 0) is 16.1 Å². The summed E-state index contributed by atoms with van der Waals surface area (Å²) in [5, 5.41) is 5.93. The van der Waals surface area contributed by atoms with E-state index in [1.807, 2.05) is 38.4 Å². The van der Waals surface area contributed by atoms with Gasteiger partial charge in [0.1, 0.15) is 0 Å². The lowest BCUT2D eigenvalue weighted by molar-refractivity contribution is -0.110. The Morgan fingerprint density at radius 2 is 1.92 bits per heavy atom. The van der Waals surface area contributed by atoms with E-state index in [2.05, 4.69) is 15.5 Å². The molecular formula is C20H21N3O3. The topological polar surface area (TPSA) is 70.7 Å². The van der Waals surface area contributed by atoms with Gasteiger partial charge in [0.2, 0.25) is 0 Å². The molecule has 3 rings (SSSR count). The van der Waals surface area contributed by atoms with E-state index in [0.717, 1.165) is 17.8 Å². The monoisotopic (exact) mass is 351 g/mol. The van der Waals surface area contributed by atoms with Crippen LogP contribution in [0.3, 0.4) is 0 Å². The minimum atomic E-state index is -0.435. The lowest BCUT2D eigenvalue weighted by atomic mass is 10.1. The molecule has 26 heavy (non-hydrogen) atoms. The molecule has 6 nitrogen and oxygen atoms in total. The fraction of sp³-hybridized carbons (Fsp3) is 0.200. The Morgan fingerprint density at radius 3 is 2.58 bits per heavy atom. The van der Waals surface area contributed by atoms with Crippen LogP contribution in [0, 0.1) is 0 Å². The van der Waals surface area contributed by atoms with Crippen molar-refractivity contribution < 1.29 is 14.3 Å². The van der Waals surface area contributed by atoms with Crippen molar-refractivity contribution in [1.29, 1.82) is 0 Å². The average Bonchev–Trinajstić information content (AvgIpc) is 2.94. The zero-order chi connectivity index (χ0) is 18.7. The van der Waals surface area contributed by atoms with Gasteiger partial charge in [0.25, 0.3) is 5.91 Å². The molecule has 0 saturated carbocycles. The lowest BCUT2D eigenvalue weighted by Crippen LogP contribution is -2.10. The van der Waals surface area contributed by atoms with Crippen LogP contribution in [0.25, 0.3) is 5.57 Å². The largest absolute Gasteiger partial charge is 0.465 e. The molecule has 0 radical (unpaired) electrons. The third-order valence-electron chi connectivity index (χ3n) is 4.06. The molecule has 0 aromatic heterocycles. The maximum Gasteiger partial charge on any atom is 0.337 e. The molecule has 1 aliphatic rings. The Labute approximate surface area is 152 Å². The summed E-state index contributed by atoms with van der Waals surface area (Å²) in [6.45, 7) is 0.875. The fourth-order valence-corrected chi connectivity index (χ4v) is 2.81. The lowest BCUT2D eigenvalue weighted by Gasteiger charge is -2.10. The van der Waals surface area contributed by atoms with Crippen molar-refractivity contribution in [2.45, 2.75) is 6.54 Å². The zero-order valence-corrected chi connectivity index (χ0v) is 15.0. The first-order valence-electron chi connectivity index (χ1n) is 8.22. The summed E-state index contributed by atoms with van der Waals surface area (Å²) >= 11 is 0. The molecule has 0 aliphatic carbocycles. The van der Waals surface area contributed by atoms with Crippen LogP contribution in [-0.4, -0.2) is 38.0 Å². The van der Waals surface area contributed by atoms with Gasteiger partial charge in [-0.15, -0.1) is 0 Å². The van der Waals surface area contributed by atoms with Gasteiger partial charge < -0.3 is 20.3 Å². The molecule has 1 aliphatic heterocycles. The van der Waals surface area contributed by atoms with E-state index in [9.17, 15) is 9.59 Å². The zero-order valence-electron chi connectivity index (χ0n) is 15.0. The number of rotatable bonds is 5. The normalized spacial score (nSPS) is 14.3. The highest BCUT2D eigenvalue weighted by atomic mass is 16.5. The maximum atomic E-state index is 12.2. The second-order valence-electron chi connectivity index (χ2n) is 6.34. The van der Waals surface area contributed by atoms with Crippen molar-refractivity contribution in [3.63, 3.8) is 0 Å². The number of nitrogens with zero attached hydrogens (tertiary/aromatic N) is 1. The van der Waals surface area contributed by atoms with E-state index in [0.29, 0.717) is 16.8 Å². The molecule has 1 amide bonds. The Morgan fingerprint density at radius 1 is 1.19 bits per heavy atom. The summed E-state index contributed by atoms with van der Waals surface area (Å²) in [6, 6.07) is 13.1. The van der Waals surface area contributed by atoms with Gasteiger partial charge in [-0.1, -0.05) is 18.2 Å². The maximum absolute atomic E-state index is 12.2. The molecule has 2 aromatic carbocycles. The van der Waals surface area contributed by atoms with Gasteiger partial charge in [0.15, 0.2) is 0 Å². The van der Waals surface area contributed by atoms with Crippen molar-refractivity contribution >= 4 is 28.8 Å². The Kier molecular flexibility index (Phi) is 5.04. The second-order valence-corrected chi connectivity index (χ2v) is 6.34. The number of carbonyl (C=O) groups excluding carboxylic acids is 2. The van der Waals surface area contributed by atoms with Crippen LogP contribution in [0.1, 0.15) is 21.5 Å². The first-order chi connectivity index (χ1) is 12.5. The minimum absolute atomic E-state index is 0.209. The summed E-state index contributed by atoms with van der Waals surface area (Å²) in [4.78, 5) is 26.0. The number of nitrogens with one attached hydrogen (secondary N) is 2. The molecule has 0 fully saturated rings. The molecule has 0 bridgehead atoms. The van der Waals surface area contributed by atoms with E-state index in [1.54, 1.807) is 24.4 Å². The molecule has 134 valence electrons. The molecule has 1 heterocycles.